The van der Waals surface area contributed by atoms with E-state index in [0.29, 0.717) is 5.92 Å². The quantitative estimate of drug-likeness (QED) is 0.608. The molecular weight excluding hydrogens is 164 g/mol. The van der Waals surface area contributed by atoms with Gasteiger partial charge < -0.3 is 4.42 Å². The fourth-order valence-electron chi connectivity index (χ4n) is 1.99. The number of hydrogen-bond acceptors (Lipinski definition) is 2. The average Bonchev–Trinajstić information content (AvgIpc) is 2.06. The van der Waals surface area contributed by atoms with E-state index in [-0.39, 0.29) is 5.63 Å². The highest BCUT2D eigenvalue weighted by atomic mass is 16.4. The Morgan fingerprint density at radius 2 is 2.31 bits per heavy atom. The van der Waals surface area contributed by atoms with Crippen LogP contribution in [0.1, 0.15) is 30.2 Å². The standard InChI is InChI=1S/C11H14O2/c1-7-3-4-9-6-8(2)13-11(12)10(9)5-7/h6-7H,3-5H2,1-2H3. The Morgan fingerprint density at radius 3 is 3.08 bits per heavy atom. The zero-order chi connectivity index (χ0) is 9.42. The van der Waals surface area contributed by atoms with Gasteiger partial charge in [-0.15, -0.1) is 0 Å². The van der Waals surface area contributed by atoms with Crippen LogP contribution >= 0.6 is 0 Å². The van der Waals surface area contributed by atoms with Gasteiger partial charge in [0.1, 0.15) is 5.76 Å². The van der Waals surface area contributed by atoms with Gasteiger partial charge in [-0.05, 0) is 43.7 Å². The molecule has 2 heteroatoms. The Labute approximate surface area is 77.6 Å². The first kappa shape index (κ1) is 8.54. The first-order chi connectivity index (χ1) is 6.16. The topological polar surface area (TPSA) is 30.2 Å². The van der Waals surface area contributed by atoms with Crippen LogP contribution in [0, 0.1) is 12.8 Å². The van der Waals surface area contributed by atoms with Crippen molar-refractivity contribution in [3.05, 3.63) is 33.4 Å². The fraction of sp³-hybridized carbons (Fsp3) is 0.545. The SMILES string of the molecule is Cc1cc2c(c(=O)o1)CC(C)CC2. The molecule has 0 bridgehead atoms. The third-order valence-electron chi connectivity index (χ3n) is 2.72. The van der Waals surface area contributed by atoms with E-state index in [2.05, 4.69) is 6.92 Å². The Bertz CT molecular complexity index is 376. The summed E-state index contributed by atoms with van der Waals surface area (Å²) in [5.41, 5.74) is 1.98. The molecule has 1 unspecified atom stereocenters. The lowest BCUT2D eigenvalue weighted by Gasteiger charge is -2.19. The lowest BCUT2D eigenvalue weighted by molar-refractivity contribution is 0.433. The zero-order valence-electron chi connectivity index (χ0n) is 8.09. The molecule has 0 saturated heterocycles. The molecule has 2 rings (SSSR count). The molecule has 70 valence electrons. The maximum Gasteiger partial charge on any atom is 0.339 e. The van der Waals surface area contributed by atoms with Crippen molar-refractivity contribution < 1.29 is 4.42 Å². The summed E-state index contributed by atoms with van der Waals surface area (Å²) in [4.78, 5) is 11.5. The normalized spacial score (nSPS) is 21.2. The van der Waals surface area contributed by atoms with Crippen LogP contribution in [0.3, 0.4) is 0 Å². The molecule has 0 radical (unpaired) electrons. The van der Waals surface area contributed by atoms with Gasteiger partial charge >= 0.3 is 5.63 Å². The van der Waals surface area contributed by atoms with Gasteiger partial charge in [-0.3, -0.25) is 0 Å². The molecule has 1 atom stereocenters. The van der Waals surface area contributed by atoms with Crippen molar-refractivity contribution in [3.63, 3.8) is 0 Å². The van der Waals surface area contributed by atoms with Gasteiger partial charge in [0.05, 0.1) is 0 Å². The Balaban J connectivity index is 2.53. The molecule has 1 aromatic heterocycles. The van der Waals surface area contributed by atoms with Crippen LogP contribution in [0.2, 0.25) is 0 Å². The highest BCUT2D eigenvalue weighted by Crippen LogP contribution is 2.23. The summed E-state index contributed by atoms with van der Waals surface area (Å²) < 4.78 is 5.07. The van der Waals surface area contributed by atoms with E-state index in [0.717, 1.165) is 24.2 Å². The van der Waals surface area contributed by atoms with Crippen molar-refractivity contribution >= 4 is 0 Å². The highest BCUT2D eigenvalue weighted by Gasteiger charge is 2.18. The first-order valence-corrected chi connectivity index (χ1v) is 4.79. The molecule has 0 aliphatic heterocycles. The van der Waals surface area contributed by atoms with Gasteiger partial charge in [0, 0.05) is 5.56 Å². The van der Waals surface area contributed by atoms with Gasteiger partial charge in [0.2, 0.25) is 0 Å². The van der Waals surface area contributed by atoms with Crippen molar-refractivity contribution in [2.24, 2.45) is 5.92 Å². The molecule has 1 aromatic rings. The number of aryl methyl sites for hydroxylation is 2. The van der Waals surface area contributed by atoms with Crippen molar-refractivity contribution in [1.82, 2.24) is 0 Å². The van der Waals surface area contributed by atoms with Crippen LogP contribution in [0.5, 0.6) is 0 Å². The maximum atomic E-state index is 11.5. The van der Waals surface area contributed by atoms with Crippen LogP contribution in [0.25, 0.3) is 0 Å². The highest BCUT2D eigenvalue weighted by molar-refractivity contribution is 5.27. The Kier molecular flexibility index (Phi) is 1.98. The third-order valence-corrected chi connectivity index (χ3v) is 2.72. The second-order valence-electron chi connectivity index (χ2n) is 4.00. The number of hydrogen-bond donors (Lipinski definition) is 0. The zero-order valence-corrected chi connectivity index (χ0v) is 8.09. The molecule has 0 fully saturated rings. The van der Waals surface area contributed by atoms with Crippen LogP contribution in [-0.4, -0.2) is 0 Å². The van der Waals surface area contributed by atoms with E-state index < -0.39 is 0 Å². The van der Waals surface area contributed by atoms with Gasteiger partial charge in [0.25, 0.3) is 0 Å². The van der Waals surface area contributed by atoms with E-state index >= 15 is 0 Å². The number of rotatable bonds is 0. The summed E-state index contributed by atoms with van der Waals surface area (Å²) in [6, 6.07) is 2.00. The van der Waals surface area contributed by atoms with Crippen LogP contribution in [0.15, 0.2) is 15.3 Å². The Hall–Kier alpha value is -1.05. The first-order valence-electron chi connectivity index (χ1n) is 4.79. The molecule has 13 heavy (non-hydrogen) atoms. The van der Waals surface area contributed by atoms with E-state index in [1.165, 1.54) is 12.0 Å². The molecule has 1 heterocycles. The molecule has 0 aromatic carbocycles. The van der Waals surface area contributed by atoms with E-state index in [9.17, 15) is 4.79 Å². The molecule has 0 amide bonds. The molecule has 0 spiro atoms. The Morgan fingerprint density at radius 1 is 1.54 bits per heavy atom. The lowest BCUT2D eigenvalue weighted by Crippen LogP contribution is -2.20. The summed E-state index contributed by atoms with van der Waals surface area (Å²) in [6.45, 7) is 4.02. The summed E-state index contributed by atoms with van der Waals surface area (Å²) in [5, 5.41) is 0. The lowest BCUT2D eigenvalue weighted by atomic mass is 9.86. The molecule has 2 nitrogen and oxygen atoms in total. The van der Waals surface area contributed by atoms with Crippen LogP contribution < -0.4 is 5.63 Å². The molecular formula is C11H14O2. The second-order valence-corrected chi connectivity index (χ2v) is 4.00. The van der Waals surface area contributed by atoms with Crippen molar-refractivity contribution in [2.75, 3.05) is 0 Å². The number of fused-ring (bicyclic) bond motifs is 1. The minimum Gasteiger partial charge on any atom is -0.428 e. The monoisotopic (exact) mass is 178 g/mol. The largest absolute Gasteiger partial charge is 0.428 e. The van der Waals surface area contributed by atoms with Crippen molar-refractivity contribution in [1.29, 1.82) is 0 Å². The second kappa shape index (κ2) is 3.02. The van der Waals surface area contributed by atoms with Gasteiger partial charge in [-0.1, -0.05) is 6.92 Å². The van der Waals surface area contributed by atoms with Crippen molar-refractivity contribution in [3.8, 4) is 0 Å². The van der Waals surface area contributed by atoms with E-state index in [4.69, 9.17) is 4.42 Å². The van der Waals surface area contributed by atoms with Crippen LogP contribution in [-0.2, 0) is 12.8 Å². The molecule has 0 N–H and O–H groups in total. The van der Waals surface area contributed by atoms with Gasteiger partial charge in [0.15, 0.2) is 0 Å². The minimum atomic E-state index is -0.124. The summed E-state index contributed by atoms with van der Waals surface area (Å²) in [6.07, 6.45) is 3.11. The average molecular weight is 178 g/mol. The molecule has 1 aliphatic carbocycles. The summed E-state index contributed by atoms with van der Waals surface area (Å²) in [7, 11) is 0. The molecule has 1 aliphatic rings. The minimum absolute atomic E-state index is 0.124. The van der Waals surface area contributed by atoms with Gasteiger partial charge in [-0.2, -0.15) is 0 Å². The van der Waals surface area contributed by atoms with Gasteiger partial charge in [-0.25, -0.2) is 4.79 Å². The fourth-order valence-corrected chi connectivity index (χ4v) is 1.99. The summed E-state index contributed by atoms with van der Waals surface area (Å²) >= 11 is 0. The smallest absolute Gasteiger partial charge is 0.339 e. The predicted molar refractivity (Wildman–Crippen MR) is 50.9 cm³/mol. The van der Waals surface area contributed by atoms with Crippen molar-refractivity contribution in [2.45, 2.75) is 33.1 Å². The van der Waals surface area contributed by atoms with E-state index in [1.807, 2.05) is 13.0 Å². The van der Waals surface area contributed by atoms with E-state index in [1.54, 1.807) is 0 Å². The summed E-state index contributed by atoms with van der Waals surface area (Å²) in [5.74, 6) is 1.36. The van der Waals surface area contributed by atoms with Crippen LogP contribution in [0.4, 0.5) is 0 Å². The predicted octanol–water partition coefficient (Wildman–Crippen LogP) is 2.07. The third kappa shape index (κ3) is 1.53. The maximum absolute atomic E-state index is 11.5. The molecule has 0 saturated carbocycles.